The molecule has 94 valence electrons. The van der Waals surface area contributed by atoms with Gasteiger partial charge in [-0.3, -0.25) is 11.3 Å². The highest BCUT2D eigenvalue weighted by Crippen LogP contribution is 2.22. The molecule has 0 radical (unpaired) electrons. The van der Waals surface area contributed by atoms with E-state index in [9.17, 15) is 4.39 Å². The van der Waals surface area contributed by atoms with Gasteiger partial charge in [-0.25, -0.2) is 4.39 Å². The van der Waals surface area contributed by atoms with Gasteiger partial charge >= 0.3 is 0 Å². The van der Waals surface area contributed by atoms with Crippen molar-refractivity contribution >= 4 is 15.9 Å². The van der Waals surface area contributed by atoms with E-state index in [1.165, 1.54) is 6.07 Å². The second kappa shape index (κ2) is 6.09. The van der Waals surface area contributed by atoms with Crippen LogP contribution in [-0.2, 0) is 6.42 Å². The molecule has 2 aromatic rings. The highest BCUT2D eigenvalue weighted by atomic mass is 79.9. The van der Waals surface area contributed by atoms with Gasteiger partial charge in [0, 0.05) is 4.47 Å². The summed E-state index contributed by atoms with van der Waals surface area (Å²) in [5.74, 6) is 5.34. The third kappa shape index (κ3) is 3.16. The molecule has 0 bridgehead atoms. The van der Waals surface area contributed by atoms with E-state index in [4.69, 9.17) is 5.84 Å². The molecule has 1 atom stereocenters. The van der Waals surface area contributed by atoms with Crippen LogP contribution in [0.4, 0.5) is 4.39 Å². The van der Waals surface area contributed by atoms with E-state index >= 15 is 0 Å². The summed E-state index contributed by atoms with van der Waals surface area (Å²) in [4.78, 5) is 0. The summed E-state index contributed by atoms with van der Waals surface area (Å²) in [5, 5.41) is 0. The van der Waals surface area contributed by atoms with E-state index in [-0.39, 0.29) is 11.9 Å². The molecule has 0 aromatic heterocycles. The van der Waals surface area contributed by atoms with Crippen molar-refractivity contribution in [2.45, 2.75) is 12.5 Å². The smallest absolute Gasteiger partial charge is 0.126 e. The zero-order chi connectivity index (χ0) is 13.0. The fourth-order valence-electron chi connectivity index (χ4n) is 1.88. The average molecular weight is 309 g/mol. The first kappa shape index (κ1) is 13.2. The standard InChI is InChI=1S/C14H14BrFN2/c15-12-6-7-13(16)11(8-12)9-14(18-17)10-4-2-1-3-5-10/h1-8,14,18H,9,17H2. The van der Waals surface area contributed by atoms with Gasteiger partial charge in [-0.1, -0.05) is 46.3 Å². The molecule has 0 aliphatic rings. The van der Waals surface area contributed by atoms with E-state index < -0.39 is 0 Å². The van der Waals surface area contributed by atoms with Crippen LogP contribution >= 0.6 is 15.9 Å². The van der Waals surface area contributed by atoms with Crippen molar-refractivity contribution in [2.75, 3.05) is 0 Å². The maximum Gasteiger partial charge on any atom is 0.126 e. The summed E-state index contributed by atoms with van der Waals surface area (Å²) in [6.45, 7) is 0. The molecule has 0 amide bonds. The molecule has 1 unspecified atom stereocenters. The Bertz CT molecular complexity index is 516. The van der Waals surface area contributed by atoms with Crippen LogP contribution in [0.2, 0.25) is 0 Å². The van der Waals surface area contributed by atoms with E-state index in [1.54, 1.807) is 12.1 Å². The third-order valence-electron chi connectivity index (χ3n) is 2.83. The molecule has 0 aliphatic carbocycles. The minimum absolute atomic E-state index is 0.102. The number of rotatable bonds is 4. The maximum absolute atomic E-state index is 13.7. The number of hydrogen-bond acceptors (Lipinski definition) is 2. The fourth-order valence-corrected chi connectivity index (χ4v) is 2.29. The minimum Gasteiger partial charge on any atom is -0.271 e. The lowest BCUT2D eigenvalue weighted by Gasteiger charge is -2.17. The zero-order valence-corrected chi connectivity index (χ0v) is 11.3. The molecule has 0 saturated heterocycles. The Kier molecular flexibility index (Phi) is 4.47. The lowest BCUT2D eigenvalue weighted by Crippen LogP contribution is -2.29. The van der Waals surface area contributed by atoms with Gasteiger partial charge in [0.25, 0.3) is 0 Å². The van der Waals surface area contributed by atoms with Gasteiger partial charge in [0.1, 0.15) is 5.82 Å². The molecule has 0 heterocycles. The Morgan fingerprint density at radius 1 is 1.17 bits per heavy atom. The van der Waals surface area contributed by atoms with Crippen molar-refractivity contribution in [3.05, 3.63) is 69.9 Å². The van der Waals surface area contributed by atoms with Crippen molar-refractivity contribution in [1.82, 2.24) is 5.43 Å². The molecule has 2 aromatic carbocycles. The van der Waals surface area contributed by atoms with Crippen LogP contribution in [0.25, 0.3) is 0 Å². The molecule has 0 spiro atoms. The summed E-state index contributed by atoms with van der Waals surface area (Å²) < 4.78 is 14.6. The van der Waals surface area contributed by atoms with Gasteiger partial charge in [0.15, 0.2) is 0 Å². The predicted molar refractivity (Wildman–Crippen MR) is 74.3 cm³/mol. The van der Waals surface area contributed by atoms with Crippen molar-refractivity contribution in [3.8, 4) is 0 Å². The zero-order valence-electron chi connectivity index (χ0n) is 9.74. The summed E-state index contributed by atoms with van der Waals surface area (Å²) >= 11 is 3.35. The topological polar surface area (TPSA) is 38.0 Å². The van der Waals surface area contributed by atoms with Gasteiger partial charge in [0.2, 0.25) is 0 Å². The lowest BCUT2D eigenvalue weighted by atomic mass is 9.99. The van der Waals surface area contributed by atoms with Gasteiger partial charge in [-0.15, -0.1) is 0 Å². The first-order valence-electron chi connectivity index (χ1n) is 5.65. The van der Waals surface area contributed by atoms with E-state index in [0.717, 1.165) is 10.0 Å². The van der Waals surface area contributed by atoms with Gasteiger partial charge < -0.3 is 0 Å². The van der Waals surface area contributed by atoms with Crippen LogP contribution < -0.4 is 11.3 Å². The molecule has 3 N–H and O–H groups in total. The number of nitrogens with one attached hydrogen (secondary N) is 1. The largest absolute Gasteiger partial charge is 0.271 e. The van der Waals surface area contributed by atoms with Crippen molar-refractivity contribution in [1.29, 1.82) is 0 Å². The monoisotopic (exact) mass is 308 g/mol. The van der Waals surface area contributed by atoms with Gasteiger partial charge in [-0.2, -0.15) is 0 Å². The summed E-state index contributed by atoms with van der Waals surface area (Å²) in [7, 11) is 0. The van der Waals surface area contributed by atoms with Crippen molar-refractivity contribution in [2.24, 2.45) is 5.84 Å². The molecule has 2 rings (SSSR count). The lowest BCUT2D eigenvalue weighted by molar-refractivity contribution is 0.529. The summed E-state index contributed by atoms with van der Waals surface area (Å²) in [6, 6.07) is 14.6. The number of benzene rings is 2. The molecule has 4 heteroatoms. The first-order chi connectivity index (χ1) is 8.70. The van der Waals surface area contributed by atoms with E-state index in [2.05, 4.69) is 21.4 Å². The second-order valence-electron chi connectivity index (χ2n) is 4.07. The predicted octanol–water partition coefficient (Wildman–Crippen LogP) is 3.34. The normalized spacial score (nSPS) is 12.4. The summed E-state index contributed by atoms with van der Waals surface area (Å²) in [5.41, 5.74) is 4.41. The molecular weight excluding hydrogens is 295 g/mol. The number of hydrazine groups is 1. The Labute approximate surface area is 114 Å². The van der Waals surface area contributed by atoms with Gasteiger partial charge in [-0.05, 0) is 35.7 Å². The van der Waals surface area contributed by atoms with Crippen LogP contribution in [0.1, 0.15) is 17.2 Å². The van der Waals surface area contributed by atoms with Gasteiger partial charge in [0.05, 0.1) is 6.04 Å². The van der Waals surface area contributed by atoms with Crippen LogP contribution in [0.5, 0.6) is 0 Å². The van der Waals surface area contributed by atoms with Crippen molar-refractivity contribution in [3.63, 3.8) is 0 Å². The summed E-state index contributed by atoms with van der Waals surface area (Å²) in [6.07, 6.45) is 0.506. The minimum atomic E-state index is -0.214. The fraction of sp³-hybridized carbons (Fsp3) is 0.143. The van der Waals surface area contributed by atoms with Crippen LogP contribution in [-0.4, -0.2) is 0 Å². The Morgan fingerprint density at radius 3 is 2.56 bits per heavy atom. The van der Waals surface area contributed by atoms with E-state index in [1.807, 2.05) is 30.3 Å². The number of halogens is 2. The molecule has 0 fully saturated rings. The quantitative estimate of drug-likeness (QED) is 0.671. The van der Waals surface area contributed by atoms with Crippen LogP contribution in [0, 0.1) is 5.82 Å². The average Bonchev–Trinajstić information content (AvgIpc) is 2.41. The second-order valence-corrected chi connectivity index (χ2v) is 4.99. The molecule has 0 saturated carbocycles. The van der Waals surface area contributed by atoms with Crippen LogP contribution in [0.15, 0.2) is 53.0 Å². The van der Waals surface area contributed by atoms with E-state index in [0.29, 0.717) is 12.0 Å². The first-order valence-corrected chi connectivity index (χ1v) is 6.45. The third-order valence-corrected chi connectivity index (χ3v) is 3.33. The van der Waals surface area contributed by atoms with Crippen molar-refractivity contribution < 1.29 is 4.39 Å². The highest BCUT2D eigenvalue weighted by Gasteiger charge is 2.13. The molecular formula is C14H14BrFN2. The molecule has 18 heavy (non-hydrogen) atoms. The highest BCUT2D eigenvalue weighted by molar-refractivity contribution is 9.10. The number of hydrogen-bond donors (Lipinski definition) is 2. The Balaban J connectivity index is 2.23. The Morgan fingerprint density at radius 2 is 1.89 bits per heavy atom. The maximum atomic E-state index is 13.7. The SMILES string of the molecule is NNC(Cc1cc(Br)ccc1F)c1ccccc1. The molecule has 0 aliphatic heterocycles. The molecule has 2 nitrogen and oxygen atoms in total. The Hall–Kier alpha value is -1.23. The number of nitrogens with two attached hydrogens (primary N) is 1. The van der Waals surface area contributed by atoms with Crippen LogP contribution in [0.3, 0.4) is 0 Å².